The lowest BCUT2D eigenvalue weighted by atomic mass is 9.99. The lowest BCUT2D eigenvalue weighted by molar-refractivity contribution is -0.384. The van der Waals surface area contributed by atoms with E-state index in [0.29, 0.717) is 6.42 Å². The zero-order valence-electron chi connectivity index (χ0n) is 22.7. The highest BCUT2D eigenvalue weighted by Crippen LogP contribution is 2.20. The molecule has 0 radical (unpaired) electrons. The maximum Gasteiger partial charge on any atom is 0.307 e. The Morgan fingerprint density at radius 1 is 0.951 bits per heavy atom. The van der Waals surface area contributed by atoms with Crippen molar-refractivity contribution < 1.29 is 27.7 Å². The zero-order chi connectivity index (χ0) is 29.8. The molecular formula is C30H33N3O7S. The summed E-state index contributed by atoms with van der Waals surface area (Å²) < 4.78 is 34.0. The third-order valence-electron chi connectivity index (χ3n) is 6.46. The van der Waals surface area contributed by atoms with Gasteiger partial charge in [0.05, 0.1) is 23.3 Å². The molecule has 11 heteroatoms. The van der Waals surface area contributed by atoms with E-state index in [0.717, 1.165) is 35.4 Å². The van der Waals surface area contributed by atoms with Crippen LogP contribution in [-0.2, 0) is 37.2 Å². The summed E-state index contributed by atoms with van der Waals surface area (Å²) in [5.41, 5.74) is 1.49. The van der Waals surface area contributed by atoms with E-state index in [4.69, 9.17) is 4.74 Å². The molecule has 3 aromatic rings. The van der Waals surface area contributed by atoms with Crippen molar-refractivity contribution in [2.24, 2.45) is 0 Å². The summed E-state index contributed by atoms with van der Waals surface area (Å²) in [6.07, 6.45) is 1.89. The second-order valence-corrected chi connectivity index (χ2v) is 11.1. The first-order chi connectivity index (χ1) is 19.6. The quantitative estimate of drug-likeness (QED) is 0.124. The van der Waals surface area contributed by atoms with Gasteiger partial charge in [-0.15, -0.1) is 6.58 Å². The summed E-state index contributed by atoms with van der Waals surface area (Å²) in [4.78, 5) is 37.8. The molecule has 0 aliphatic heterocycles. The number of nitro benzene ring substituents is 1. The first kappa shape index (κ1) is 31.2. The van der Waals surface area contributed by atoms with E-state index in [-0.39, 0.29) is 42.3 Å². The molecule has 3 rings (SSSR count). The average molecular weight is 580 g/mol. The maximum atomic E-state index is 13.8. The number of nitro groups is 1. The second kappa shape index (κ2) is 14.9. The van der Waals surface area contributed by atoms with Crippen molar-refractivity contribution in [3.63, 3.8) is 0 Å². The van der Waals surface area contributed by atoms with Crippen molar-refractivity contribution >= 4 is 27.6 Å². The van der Waals surface area contributed by atoms with Gasteiger partial charge in [-0.05, 0) is 36.1 Å². The number of rotatable bonds is 15. The number of benzene rings is 3. The Morgan fingerprint density at radius 2 is 1.51 bits per heavy atom. The molecule has 0 aliphatic rings. The third-order valence-corrected chi connectivity index (χ3v) is 7.99. The Kier molecular flexibility index (Phi) is 11.3. The van der Waals surface area contributed by atoms with Crippen molar-refractivity contribution in [1.29, 1.82) is 0 Å². The Balaban J connectivity index is 1.90. The predicted octanol–water partition coefficient (Wildman–Crippen LogP) is 4.06. The molecular weight excluding hydrogens is 546 g/mol. The number of carbonyl (C=O) groups excluding carboxylic acids is 2. The van der Waals surface area contributed by atoms with E-state index in [2.05, 4.69) is 11.3 Å². The molecule has 0 spiro atoms. The van der Waals surface area contributed by atoms with Gasteiger partial charge >= 0.3 is 5.97 Å². The summed E-state index contributed by atoms with van der Waals surface area (Å²) in [5, 5.41) is 11.0. The first-order valence-corrected chi connectivity index (χ1v) is 14.4. The molecule has 0 aliphatic carbocycles. The molecule has 0 bridgehead atoms. The summed E-state index contributed by atoms with van der Waals surface area (Å²) in [6, 6.07) is 21.6. The Hall–Kier alpha value is -4.35. The van der Waals surface area contributed by atoms with Crippen LogP contribution in [0.1, 0.15) is 24.0 Å². The number of sulfonamides is 1. The molecule has 0 saturated heterocycles. The molecule has 41 heavy (non-hydrogen) atoms. The van der Waals surface area contributed by atoms with Crippen LogP contribution in [0.25, 0.3) is 0 Å². The van der Waals surface area contributed by atoms with Gasteiger partial charge in [-0.25, -0.2) is 13.1 Å². The number of methoxy groups -OCH3 is 1. The fourth-order valence-electron chi connectivity index (χ4n) is 4.46. The molecule has 1 amide bonds. The van der Waals surface area contributed by atoms with Gasteiger partial charge in [-0.1, -0.05) is 66.7 Å². The summed E-state index contributed by atoms with van der Waals surface area (Å²) >= 11 is 0. The first-order valence-electron chi connectivity index (χ1n) is 12.9. The number of non-ortho nitro benzene ring substituents is 1. The largest absolute Gasteiger partial charge is 0.469 e. The number of carbonyl (C=O) groups is 2. The van der Waals surface area contributed by atoms with E-state index < -0.39 is 33.0 Å². The van der Waals surface area contributed by atoms with Crippen molar-refractivity contribution in [3.8, 4) is 0 Å². The molecule has 0 aromatic heterocycles. The molecule has 10 nitrogen and oxygen atoms in total. The lowest BCUT2D eigenvalue weighted by Gasteiger charge is -2.32. The smallest absolute Gasteiger partial charge is 0.307 e. The van der Waals surface area contributed by atoms with E-state index in [1.165, 1.54) is 12.0 Å². The van der Waals surface area contributed by atoms with Gasteiger partial charge in [0.25, 0.3) is 5.69 Å². The number of ether oxygens (including phenoxy) is 1. The number of amides is 1. The van der Waals surface area contributed by atoms with Gasteiger partial charge in [0.2, 0.25) is 15.9 Å². The molecule has 0 heterocycles. The van der Waals surface area contributed by atoms with Crippen LogP contribution in [0.2, 0.25) is 0 Å². The highest BCUT2D eigenvalue weighted by Gasteiger charge is 2.30. The van der Waals surface area contributed by atoms with Crippen LogP contribution < -0.4 is 4.72 Å². The molecule has 0 saturated carbocycles. The summed E-state index contributed by atoms with van der Waals surface area (Å²) in [7, 11) is -2.85. The van der Waals surface area contributed by atoms with Gasteiger partial charge in [0.1, 0.15) is 0 Å². The van der Waals surface area contributed by atoms with Crippen LogP contribution in [-0.4, -0.2) is 55.9 Å². The highest BCUT2D eigenvalue weighted by atomic mass is 32.2. The Labute approximate surface area is 239 Å². The molecule has 0 unspecified atom stereocenters. The maximum absolute atomic E-state index is 13.8. The van der Waals surface area contributed by atoms with Gasteiger partial charge in [0, 0.05) is 37.2 Å². The van der Waals surface area contributed by atoms with Crippen LogP contribution in [0, 0.1) is 10.1 Å². The Morgan fingerprint density at radius 3 is 2.02 bits per heavy atom. The number of nitrogens with zero attached hydrogens (tertiary/aromatic N) is 2. The minimum Gasteiger partial charge on any atom is -0.469 e. The van der Waals surface area contributed by atoms with Crippen LogP contribution in [0.15, 0.2) is 102 Å². The normalized spacial score (nSPS) is 12.6. The van der Waals surface area contributed by atoms with Gasteiger partial charge in [-0.2, -0.15) is 0 Å². The fourth-order valence-corrected chi connectivity index (χ4v) is 5.70. The predicted molar refractivity (Wildman–Crippen MR) is 154 cm³/mol. The van der Waals surface area contributed by atoms with Crippen LogP contribution in [0.3, 0.4) is 0 Å². The van der Waals surface area contributed by atoms with E-state index in [9.17, 15) is 28.1 Å². The fraction of sp³-hybridized carbons (Fsp3) is 0.267. The molecule has 1 N–H and O–H groups in total. The van der Waals surface area contributed by atoms with Crippen molar-refractivity contribution in [2.45, 2.75) is 42.7 Å². The highest BCUT2D eigenvalue weighted by molar-refractivity contribution is 7.89. The molecule has 2 atom stereocenters. The van der Waals surface area contributed by atoms with E-state index in [1.54, 1.807) is 6.08 Å². The molecule has 3 aromatic carbocycles. The van der Waals surface area contributed by atoms with Gasteiger partial charge < -0.3 is 9.64 Å². The standard InChI is InChI=1S/C30H33N3O7S/c1-3-18-32(27(22-30(35)40-2)20-24-12-8-5-9-13-24)29(34)21-25(19-23-10-6-4-7-11-23)31-41(38,39)28-16-14-26(15-17-28)33(36)37/h3-17,25,27,31H,1,18-22H2,2H3/t25-,27-/m0/s1. The van der Waals surface area contributed by atoms with E-state index in [1.807, 2.05) is 60.7 Å². The average Bonchev–Trinajstić information content (AvgIpc) is 2.96. The van der Waals surface area contributed by atoms with E-state index >= 15 is 0 Å². The van der Waals surface area contributed by atoms with Crippen molar-refractivity contribution in [1.82, 2.24) is 9.62 Å². The SMILES string of the molecule is C=CCN(C(=O)C[C@H](Cc1ccccc1)NS(=O)(=O)c1ccc([N+](=O)[O-])cc1)[C@H](CC(=O)OC)Cc1ccccc1. The minimum absolute atomic E-state index is 0.0527. The second-order valence-electron chi connectivity index (χ2n) is 9.42. The van der Waals surface area contributed by atoms with Gasteiger partial charge in [-0.3, -0.25) is 19.7 Å². The topological polar surface area (TPSA) is 136 Å². The van der Waals surface area contributed by atoms with Gasteiger partial charge in [0.15, 0.2) is 0 Å². The minimum atomic E-state index is -4.14. The lowest BCUT2D eigenvalue weighted by Crippen LogP contribution is -2.47. The number of esters is 1. The molecule has 216 valence electrons. The summed E-state index contributed by atoms with van der Waals surface area (Å²) in [5.74, 6) is -0.852. The van der Waals surface area contributed by atoms with Crippen molar-refractivity contribution in [2.75, 3.05) is 13.7 Å². The Bertz CT molecular complexity index is 1430. The monoisotopic (exact) mass is 579 g/mol. The summed E-state index contributed by atoms with van der Waals surface area (Å²) in [6.45, 7) is 3.91. The number of nitrogens with one attached hydrogen (secondary N) is 1. The third kappa shape index (κ3) is 9.37. The zero-order valence-corrected chi connectivity index (χ0v) is 23.5. The number of hydrogen-bond acceptors (Lipinski definition) is 7. The van der Waals surface area contributed by atoms with Crippen LogP contribution in [0.4, 0.5) is 5.69 Å². The molecule has 0 fully saturated rings. The van der Waals surface area contributed by atoms with Crippen LogP contribution in [0.5, 0.6) is 0 Å². The number of hydrogen-bond donors (Lipinski definition) is 1. The van der Waals surface area contributed by atoms with Crippen molar-refractivity contribution in [3.05, 3.63) is 119 Å². The van der Waals surface area contributed by atoms with Crippen LogP contribution >= 0.6 is 0 Å².